The Balaban J connectivity index is 2.70. The number of aromatic carboxylic acids is 1. The number of nitrogens with zero attached hydrogens (tertiary/aromatic N) is 3. The topological polar surface area (TPSA) is 78.9 Å². The van der Waals surface area contributed by atoms with Gasteiger partial charge in [0.1, 0.15) is 0 Å². The molecular weight excluding hydrogens is 290 g/mol. The third-order valence-electron chi connectivity index (χ3n) is 2.98. The first-order valence-electron chi connectivity index (χ1n) is 6.28. The lowest BCUT2D eigenvalue weighted by molar-refractivity contribution is 0.0690. The summed E-state index contributed by atoms with van der Waals surface area (Å²) >= 11 is 6.20. The van der Waals surface area contributed by atoms with Gasteiger partial charge >= 0.3 is 5.97 Å². The lowest BCUT2D eigenvalue weighted by Crippen LogP contribution is -2.18. The molecule has 21 heavy (non-hydrogen) atoms. The summed E-state index contributed by atoms with van der Waals surface area (Å²) in [4.78, 5) is 11.2. The molecule has 0 aliphatic heterocycles. The third-order valence-corrected chi connectivity index (χ3v) is 3.34. The number of aromatic nitrogens is 2. The number of hydrogen-bond donors (Lipinski definition) is 1. The monoisotopic (exact) mass is 303 g/mol. The molecule has 5 nitrogen and oxygen atoms in total. The molecule has 6 heteroatoms. The number of benzene rings is 1. The average Bonchev–Trinajstić information content (AvgIpc) is 2.76. The van der Waals surface area contributed by atoms with Crippen LogP contribution in [0, 0.1) is 11.3 Å². The fourth-order valence-corrected chi connectivity index (χ4v) is 2.53. The van der Waals surface area contributed by atoms with E-state index in [-0.39, 0.29) is 16.1 Å². The van der Waals surface area contributed by atoms with E-state index in [0.717, 1.165) is 0 Å². The number of nitriles is 1. The van der Waals surface area contributed by atoms with Gasteiger partial charge in [0.05, 0.1) is 28.0 Å². The van der Waals surface area contributed by atoms with E-state index in [1.807, 2.05) is 26.8 Å². The van der Waals surface area contributed by atoms with Crippen LogP contribution < -0.4 is 0 Å². The predicted octanol–water partition coefficient (Wildman–Crippen LogP) is 3.39. The largest absolute Gasteiger partial charge is 0.476 e. The van der Waals surface area contributed by atoms with Crippen LogP contribution in [0.4, 0.5) is 0 Å². The highest BCUT2D eigenvalue weighted by Gasteiger charge is 2.29. The number of carboxylic acids is 1. The van der Waals surface area contributed by atoms with Gasteiger partial charge in [0.25, 0.3) is 0 Å². The second-order valence-corrected chi connectivity index (χ2v) is 6.01. The molecule has 1 aromatic heterocycles. The number of carboxylic acid groups (broad SMARTS) is 1. The van der Waals surface area contributed by atoms with Crippen LogP contribution in [0.25, 0.3) is 5.69 Å². The summed E-state index contributed by atoms with van der Waals surface area (Å²) in [5, 5.41) is 22.3. The molecule has 1 N–H and O–H groups in total. The highest BCUT2D eigenvalue weighted by atomic mass is 35.5. The van der Waals surface area contributed by atoms with Crippen molar-refractivity contribution in [2.45, 2.75) is 26.2 Å². The van der Waals surface area contributed by atoms with Gasteiger partial charge in [-0.3, -0.25) is 0 Å². The molecule has 0 radical (unpaired) electrons. The van der Waals surface area contributed by atoms with Gasteiger partial charge in [-0.05, 0) is 24.3 Å². The standard InChI is InChI=1S/C15H14ClN3O2/c1-15(2,3)13-11(16)12(14(20)21)18-19(13)10-6-4-9(8-17)5-7-10/h4-7H,1-3H3,(H,20,21). The van der Waals surface area contributed by atoms with Crippen LogP contribution in [0.2, 0.25) is 5.02 Å². The van der Waals surface area contributed by atoms with Gasteiger partial charge in [-0.25, -0.2) is 9.48 Å². The summed E-state index contributed by atoms with van der Waals surface area (Å²) in [7, 11) is 0. The van der Waals surface area contributed by atoms with E-state index < -0.39 is 5.97 Å². The molecule has 1 heterocycles. The van der Waals surface area contributed by atoms with Crippen molar-refractivity contribution in [3.05, 3.63) is 46.2 Å². The Morgan fingerprint density at radius 2 is 1.90 bits per heavy atom. The second-order valence-electron chi connectivity index (χ2n) is 5.64. The maximum atomic E-state index is 11.2. The Bertz CT molecular complexity index is 734. The summed E-state index contributed by atoms with van der Waals surface area (Å²) in [6.07, 6.45) is 0. The van der Waals surface area contributed by atoms with Gasteiger partial charge in [0.2, 0.25) is 0 Å². The minimum atomic E-state index is -1.17. The lowest BCUT2D eigenvalue weighted by Gasteiger charge is -2.21. The minimum absolute atomic E-state index is 0.138. The number of carbonyl (C=O) groups is 1. The molecule has 0 aliphatic rings. The van der Waals surface area contributed by atoms with Crippen molar-refractivity contribution in [3.63, 3.8) is 0 Å². The molecule has 0 saturated heterocycles. The van der Waals surface area contributed by atoms with Crippen molar-refractivity contribution < 1.29 is 9.90 Å². The summed E-state index contributed by atoms with van der Waals surface area (Å²) < 4.78 is 1.52. The third kappa shape index (κ3) is 2.76. The van der Waals surface area contributed by atoms with E-state index in [0.29, 0.717) is 16.9 Å². The van der Waals surface area contributed by atoms with Crippen LogP contribution in [-0.2, 0) is 5.41 Å². The van der Waals surface area contributed by atoms with Gasteiger partial charge in [0, 0.05) is 5.41 Å². The summed E-state index contributed by atoms with van der Waals surface area (Å²) in [5.74, 6) is -1.17. The first kappa shape index (κ1) is 15.1. The first-order valence-corrected chi connectivity index (χ1v) is 6.66. The summed E-state index contributed by atoms with van der Waals surface area (Å²) in [6.45, 7) is 5.80. The van der Waals surface area contributed by atoms with Crippen molar-refractivity contribution in [2.75, 3.05) is 0 Å². The van der Waals surface area contributed by atoms with Gasteiger partial charge in [-0.1, -0.05) is 32.4 Å². The van der Waals surface area contributed by atoms with Crippen molar-refractivity contribution >= 4 is 17.6 Å². The zero-order valence-corrected chi connectivity index (χ0v) is 12.6. The fourth-order valence-electron chi connectivity index (χ4n) is 2.05. The average molecular weight is 304 g/mol. The molecule has 0 spiro atoms. The van der Waals surface area contributed by atoms with Crippen LogP contribution in [0.15, 0.2) is 24.3 Å². The van der Waals surface area contributed by atoms with Crippen LogP contribution in [0.1, 0.15) is 42.5 Å². The first-order chi connectivity index (χ1) is 9.75. The minimum Gasteiger partial charge on any atom is -0.476 e. The van der Waals surface area contributed by atoms with Gasteiger partial charge < -0.3 is 5.11 Å². The highest BCUT2D eigenvalue weighted by Crippen LogP contribution is 2.33. The highest BCUT2D eigenvalue weighted by molar-refractivity contribution is 6.34. The van der Waals surface area contributed by atoms with Gasteiger partial charge in [-0.2, -0.15) is 10.4 Å². The van der Waals surface area contributed by atoms with E-state index in [9.17, 15) is 9.90 Å². The molecule has 0 aliphatic carbocycles. The zero-order valence-electron chi connectivity index (χ0n) is 11.9. The molecule has 0 bridgehead atoms. The summed E-state index contributed by atoms with van der Waals surface area (Å²) in [6, 6.07) is 8.76. The van der Waals surface area contributed by atoms with E-state index in [4.69, 9.17) is 16.9 Å². The molecule has 0 fully saturated rings. The number of halogens is 1. The molecule has 2 aromatic rings. The Morgan fingerprint density at radius 1 is 1.33 bits per heavy atom. The Hall–Kier alpha value is -2.32. The van der Waals surface area contributed by atoms with Gasteiger partial charge in [-0.15, -0.1) is 0 Å². The van der Waals surface area contributed by atoms with Crippen molar-refractivity contribution in [1.82, 2.24) is 9.78 Å². The molecule has 1 aromatic carbocycles. The van der Waals surface area contributed by atoms with Crippen LogP contribution in [-0.4, -0.2) is 20.9 Å². The van der Waals surface area contributed by atoms with E-state index >= 15 is 0 Å². The van der Waals surface area contributed by atoms with Crippen molar-refractivity contribution in [3.8, 4) is 11.8 Å². The quantitative estimate of drug-likeness (QED) is 0.922. The Morgan fingerprint density at radius 3 is 2.33 bits per heavy atom. The van der Waals surface area contributed by atoms with Gasteiger partial charge in [0.15, 0.2) is 5.69 Å². The Labute approximate surface area is 127 Å². The normalized spacial score (nSPS) is 11.2. The lowest BCUT2D eigenvalue weighted by atomic mass is 9.91. The fraction of sp³-hybridized carbons (Fsp3) is 0.267. The molecule has 0 atom stereocenters. The van der Waals surface area contributed by atoms with Crippen LogP contribution in [0.5, 0.6) is 0 Å². The van der Waals surface area contributed by atoms with E-state index in [1.54, 1.807) is 24.3 Å². The summed E-state index contributed by atoms with van der Waals surface area (Å²) in [5.41, 5.74) is 1.24. The van der Waals surface area contributed by atoms with E-state index in [2.05, 4.69) is 5.10 Å². The Kier molecular flexibility index (Phi) is 3.75. The zero-order chi connectivity index (χ0) is 15.8. The molecule has 2 rings (SSSR count). The SMILES string of the molecule is CC(C)(C)c1c(Cl)c(C(=O)O)nn1-c1ccc(C#N)cc1. The molecule has 108 valence electrons. The van der Waals surface area contributed by atoms with Crippen LogP contribution >= 0.6 is 11.6 Å². The molecule has 0 amide bonds. The number of rotatable bonds is 2. The predicted molar refractivity (Wildman–Crippen MR) is 78.9 cm³/mol. The van der Waals surface area contributed by atoms with E-state index in [1.165, 1.54) is 4.68 Å². The molecule has 0 unspecified atom stereocenters. The van der Waals surface area contributed by atoms with Crippen molar-refractivity contribution in [2.24, 2.45) is 0 Å². The molecular formula is C15H14ClN3O2. The maximum absolute atomic E-state index is 11.2. The van der Waals surface area contributed by atoms with Crippen LogP contribution in [0.3, 0.4) is 0 Å². The maximum Gasteiger partial charge on any atom is 0.358 e. The molecule has 0 saturated carbocycles. The smallest absolute Gasteiger partial charge is 0.358 e. The number of hydrogen-bond acceptors (Lipinski definition) is 3. The second kappa shape index (κ2) is 5.23. The van der Waals surface area contributed by atoms with Crippen molar-refractivity contribution in [1.29, 1.82) is 5.26 Å².